The van der Waals surface area contributed by atoms with Gasteiger partial charge in [-0.15, -0.1) is 0 Å². The highest BCUT2D eigenvalue weighted by Gasteiger charge is 2.36. The van der Waals surface area contributed by atoms with Crippen LogP contribution in [0.25, 0.3) is 0 Å². The minimum atomic E-state index is -0.0811. The number of benzene rings is 2. The molecule has 2 aliphatic rings. The molecule has 2 aromatic carbocycles. The molecule has 218 valence electrons. The number of quaternary nitrogens is 1. The zero-order chi connectivity index (χ0) is 28.7. The van der Waals surface area contributed by atoms with Gasteiger partial charge in [0, 0.05) is 11.4 Å². The Morgan fingerprint density at radius 1 is 0.925 bits per heavy atom. The highest BCUT2D eigenvalue weighted by molar-refractivity contribution is 5.96. The van der Waals surface area contributed by atoms with Crippen LogP contribution in [-0.4, -0.2) is 79.2 Å². The zero-order valence-electron chi connectivity index (χ0n) is 25.2. The number of unbranched alkanes of at least 4 members (excludes halogenated alkanes) is 1. The molecule has 7 nitrogen and oxygen atoms in total. The van der Waals surface area contributed by atoms with Crippen molar-refractivity contribution in [3.05, 3.63) is 58.7 Å². The van der Waals surface area contributed by atoms with Gasteiger partial charge in [0.25, 0.3) is 5.91 Å². The van der Waals surface area contributed by atoms with Crippen molar-refractivity contribution in [3.8, 4) is 0 Å². The fourth-order valence-corrected chi connectivity index (χ4v) is 6.59. The number of rotatable bonds is 10. The lowest BCUT2D eigenvalue weighted by atomic mass is 10.00. The van der Waals surface area contributed by atoms with Gasteiger partial charge in [-0.3, -0.25) is 14.5 Å². The Kier molecular flexibility index (Phi) is 10.4. The summed E-state index contributed by atoms with van der Waals surface area (Å²) in [5.41, 5.74) is 6.27. The first-order valence-corrected chi connectivity index (χ1v) is 15.1. The predicted molar refractivity (Wildman–Crippen MR) is 163 cm³/mol. The first-order valence-electron chi connectivity index (χ1n) is 15.1. The molecule has 0 bridgehead atoms. The molecule has 2 saturated heterocycles. The molecule has 2 fully saturated rings. The maximum atomic E-state index is 13.4. The SMILES string of the molecule is Cc1cccc(C)c1NC(=O)C[N+]1(CCCCN2CCCCC2C(=O)Nc2c(C)cccc2C)CCOC(C)C1. The monoisotopic (exact) mass is 549 g/mol. The molecule has 2 heterocycles. The fraction of sp³-hybridized carbons (Fsp3) is 0.576. The predicted octanol–water partition coefficient (Wildman–Crippen LogP) is 5.37. The molecule has 0 radical (unpaired) electrons. The van der Waals surface area contributed by atoms with Crippen molar-refractivity contribution in [3.63, 3.8) is 0 Å². The molecule has 2 amide bonds. The summed E-state index contributed by atoms with van der Waals surface area (Å²) in [7, 11) is 0. The van der Waals surface area contributed by atoms with Crippen molar-refractivity contribution in [1.29, 1.82) is 0 Å². The smallest absolute Gasteiger partial charge is 0.279 e. The Hall–Kier alpha value is -2.74. The van der Waals surface area contributed by atoms with Gasteiger partial charge in [0.1, 0.15) is 19.2 Å². The summed E-state index contributed by atoms with van der Waals surface area (Å²) in [4.78, 5) is 29.0. The maximum absolute atomic E-state index is 13.4. The van der Waals surface area contributed by atoms with Crippen molar-refractivity contribution in [2.24, 2.45) is 0 Å². The van der Waals surface area contributed by atoms with Gasteiger partial charge in [-0.1, -0.05) is 42.8 Å². The summed E-state index contributed by atoms with van der Waals surface area (Å²) < 4.78 is 6.64. The molecule has 4 rings (SSSR count). The summed E-state index contributed by atoms with van der Waals surface area (Å²) in [6, 6.07) is 12.2. The summed E-state index contributed by atoms with van der Waals surface area (Å²) in [6.45, 7) is 16.0. The number of nitrogens with zero attached hydrogens (tertiary/aromatic N) is 2. The molecule has 0 saturated carbocycles. The third-order valence-corrected chi connectivity index (χ3v) is 8.81. The molecule has 0 aromatic heterocycles. The largest absolute Gasteiger partial charge is 0.367 e. The van der Waals surface area contributed by atoms with Crippen LogP contribution in [0.15, 0.2) is 36.4 Å². The number of nitrogens with one attached hydrogen (secondary N) is 2. The number of amides is 2. The highest BCUT2D eigenvalue weighted by atomic mass is 16.5. The van der Waals surface area contributed by atoms with Crippen LogP contribution in [-0.2, 0) is 14.3 Å². The van der Waals surface area contributed by atoms with Gasteiger partial charge in [-0.05, 0) is 95.6 Å². The Balaban J connectivity index is 1.34. The molecule has 40 heavy (non-hydrogen) atoms. The molecular weight excluding hydrogens is 500 g/mol. The second kappa shape index (κ2) is 13.7. The second-order valence-corrected chi connectivity index (χ2v) is 12.1. The standard InChI is InChI=1S/C33H48N4O3/c1-24-12-10-13-25(2)31(24)34-30(38)23-37(20-21-40-28(5)22-37)19-9-8-18-36-17-7-6-16-29(36)33(39)35-32-26(3)14-11-15-27(32)4/h10-15,28-29H,6-9,16-23H2,1-5H3,(H-,34,35,38,39)/p+1. The fourth-order valence-electron chi connectivity index (χ4n) is 6.59. The topological polar surface area (TPSA) is 70.7 Å². The number of carbonyl (C=O) groups is 2. The van der Waals surface area contributed by atoms with Crippen LogP contribution in [0.1, 0.15) is 61.3 Å². The quantitative estimate of drug-likeness (QED) is 0.309. The van der Waals surface area contributed by atoms with Crippen molar-refractivity contribution in [2.75, 3.05) is 56.5 Å². The van der Waals surface area contributed by atoms with E-state index >= 15 is 0 Å². The van der Waals surface area contributed by atoms with E-state index in [-0.39, 0.29) is 24.0 Å². The number of hydrogen-bond acceptors (Lipinski definition) is 4. The second-order valence-electron chi connectivity index (χ2n) is 12.1. The van der Waals surface area contributed by atoms with E-state index in [1.54, 1.807) is 0 Å². The van der Waals surface area contributed by atoms with E-state index in [4.69, 9.17) is 4.74 Å². The zero-order valence-corrected chi connectivity index (χ0v) is 25.2. The highest BCUT2D eigenvalue weighted by Crippen LogP contribution is 2.25. The number of ether oxygens (including phenoxy) is 1. The van der Waals surface area contributed by atoms with Crippen molar-refractivity contribution < 1.29 is 18.8 Å². The van der Waals surface area contributed by atoms with E-state index in [1.165, 1.54) is 0 Å². The van der Waals surface area contributed by atoms with Gasteiger partial charge < -0.3 is 19.9 Å². The van der Waals surface area contributed by atoms with E-state index < -0.39 is 0 Å². The van der Waals surface area contributed by atoms with Crippen LogP contribution < -0.4 is 10.6 Å². The van der Waals surface area contributed by atoms with Crippen LogP contribution in [0.4, 0.5) is 11.4 Å². The number of piperidine rings is 1. The number of morpholine rings is 1. The van der Waals surface area contributed by atoms with Gasteiger partial charge in [0.05, 0.1) is 19.2 Å². The normalized spacial score (nSPS) is 23.5. The van der Waals surface area contributed by atoms with E-state index in [0.29, 0.717) is 13.2 Å². The first-order chi connectivity index (χ1) is 19.2. The maximum Gasteiger partial charge on any atom is 0.279 e. The van der Waals surface area contributed by atoms with Gasteiger partial charge in [0.2, 0.25) is 5.91 Å². The number of para-hydroxylation sites is 2. The Morgan fingerprint density at radius 3 is 2.17 bits per heavy atom. The molecular formula is C33H49N4O3+. The van der Waals surface area contributed by atoms with Gasteiger partial charge >= 0.3 is 0 Å². The molecule has 0 aliphatic carbocycles. The first kappa shape index (κ1) is 30.2. The number of anilines is 2. The number of aryl methyl sites for hydroxylation is 4. The van der Waals surface area contributed by atoms with E-state index in [0.717, 1.165) is 103 Å². The van der Waals surface area contributed by atoms with Crippen molar-refractivity contribution in [1.82, 2.24) is 4.90 Å². The minimum absolute atomic E-state index is 0.0748. The van der Waals surface area contributed by atoms with Crippen LogP contribution in [0, 0.1) is 27.7 Å². The van der Waals surface area contributed by atoms with Crippen LogP contribution in [0.5, 0.6) is 0 Å². The third-order valence-electron chi connectivity index (χ3n) is 8.81. The average Bonchev–Trinajstić information content (AvgIpc) is 2.91. The number of carbonyl (C=O) groups excluding carboxylic acids is 2. The van der Waals surface area contributed by atoms with Crippen molar-refractivity contribution in [2.45, 2.75) is 78.9 Å². The van der Waals surface area contributed by atoms with Gasteiger partial charge in [-0.25, -0.2) is 0 Å². The van der Waals surface area contributed by atoms with Crippen LogP contribution in [0.3, 0.4) is 0 Å². The molecule has 2 aromatic rings. The molecule has 3 unspecified atom stereocenters. The van der Waals surface area contributed by atoms with Gasteiger partial charge in [-0.2, -0.15) is 0 Å². The summed E-state index contributed by atoms with van der Waals surface area (Å²) in [6.07, 6.45) is 5.31. The van der Waals surface area contributed by atoms with Crippen LogP contribution in [0.2, 0.25) is 0 Å². The average molecular weight is 550 g/mol. The molecule has 2 aliphatic heterocycles. The summed E-state index contributed by atoms with van der Waals surface area (Å²) in [5, 5.41) is 6.44. The summed E-state index contributed by atoms with van der Waals surface area (Å²) in [5.74, 6) is 0.191. The minimum Gasteiger partial charge on any atom is -0.367 e. The lowest BCUT2D eigenvalue weighted by molar-refractivity contribution is -0.931. The lowest BCUT2D eigenvalue weighted by Crippen LogP contribution is -2.60. The van der Waals surface area contributed by atoms with E-state index in [2.05, 4.69) is 48.4 Å². The number of likely N-dealkylation sites (tertiary alicyclic amines) is 1. The van der Waals surface area contributed by atoms with Gasteiger partial charge in [0.15, 0.2) is 6.54 Å². The summed E-state index contributed by atoms with van der Waals surface area (Å²) >= 11 is 0. The van der Waals surface area contributed by atoms with E-state index in [9.17, 15) is 9.59 Å². The Morgan fingerprint density at radius 2 is 1.55 bits per heavy atom. The Labute approximate surface area is 240 Å². The molecule has 2 N–H and O–H groups in total. The molecule has 3 atom stereocenters. The van der Waals surface area contributed by atoms with E-state index in [1.807, 2.05) is 38.1 Å². The Bertz CT molecular complexity index is 1140. The molecule has 0 spiro atoms. The lowest BCUT2D eigenvalue weighted by Gasteiger charge is -2.43. The third kappa shape index (κ3) is 7.71. The van der Waals surface area contributed by atoms with Crippen LogP contribution >= 0.6 is 0 Å². The van der Waals surface area contributed by atoms with Crippen molar-refractivity contribution >= 4 is 23.2 Å². The number of hydrogen-bond donors (Lipinski definition) is 2. The molecule has 7 heteroatoms.